The van der Waals surface area contributed by atoms with E-state index in [1.54, 1.807) is 18.6 Å². The van der Waals surface area contributed by atoms with Crippen LogP contribution in [0.2, 0.25) is 0 Å². The van der Waals surface area contributed by atoms with Crippen molar-refractivity contribution in [3.63, 3.8) is 0 Å². The second-order valence-electron chi connectivity index (χ2n) is 5.46. The smallest absolute Gasteiger partial charge is 0.223 e. The molecule has 1 N–H and O–H groups in total. The number of anilines is 1. The van der Waals surface area contributed by atoms with E-state index in [2.05, 4.69) is 34.0 Å². The SMILES string of the molecule is CC(C)CNC(=O)C1CCN(c2cnccn2)CC1. The van der Waals surface area contributed by atoms with Crippen LogP contribution in [0.4, 0.5) is 5.82 Å². The standard InChI is InChI=1S/C14H22N4O/c1-11(2)9-17-14(19)12-3-7-18(8-4-12)13-10-15-5-6-16-13/h5-6,10-12H,3-4,7-9H2,1-2H3,(H,17,19). The fraction of sp³-hybridized carbons (Fsp3) is 0.643. The Morgan fingerprint density at radius 1 is 1.42 bits per heavy atom. The molecule has 0 aliphatic carbocycles. The highest BCUT2D eigenvalue weighted by atomic mass is 16.1. The first kappa shape index (κ1) is 13.8. The lowest BCUT2D eigenvalue weighted by Crippen LogP contribution is -2.41. The molecule has 0 saturated carbocycles. The summed E-state index contributed by atoms with van der Waals surface area (Å²) in [4.78, 5) is 22.6. The Morgan fingerprint density at radius 3 is 2.74 bits per heavy atom. The minimum absolute atomic E-state index is 0.145. The van der Waals surface area contributed by atoms with Crippen molar-refractivity contribution in [2.75, 3.05) is 24.5 Å². The van der Waals surface area contributed by atoms with Crippen molar-refractivity contribution in [3.05, 3.63) is 18.6 Å². The van der Waals surface area contributed by atoms with Crippen LogP contribution in [0.3, 0.4) is 0 Å². The molecule has 0 unspecified atom stereocenters. The zero-order valence-electron chi connectivity index (χ0n) is 11.7. The monoisotopic (exact) mass is 262 g/mol. The van der Waals surface area contributed by atoms with Crippen molar-refractivity contribution in [2.45, 2.75) is 26.7 Å². The van der Waals surface area contributed by atoms with Crippen LogP contribution in [0.1, 0.15) is 26.7 Å². The first-order valence-corrected chi connectivity index (χ1v) is 6.95. The van der Waals surface area contributed by atoms with Gasteiger partial charge in [0.15, 0.2) is 0 Å². The first-order chi connectivity index (χ1) is 9.16. The van der Waals surface area contributed by atoms with Gasteiger partial charge in [0.25, 0.3) is 0 Å². The highest BCUT2D eigenvalue weighted by Crippen LogP contribution is 2.21. The van der Waals surface area contributed by atoms with Gasteiger partial charge in [0.2, 0.25) is 5.91 Å². The summed E-state index contributed by atoms with van der Waals surface area (Å²) in [5, 5.41) is 3.02. The summed E-state index contributed by atoms with van der Waals surface area (Å²) in [7, 11) is 0. The number of rotatable bonds is 4. The Kier molecular flexibility index (Phi) is 4.71. The number of piperidine rings is 1. The van der Waals surface area contributed by atoms with Gasteiger partial charge in [-0.05, 0) is 18.8 Å². The number of aromatic nitrogens is 2. The van der Waals surface area contributed by atoms with E-state index >= 15 is 0 Å². The lowest BCUT2D eigenvalue weighted by atomic mass is 9.96. The van der Waals surface area contributed by atoms with Crippen molar-refractivity contribution in [2.24, 2.45) is 11.8 Å². The van der Waals surface area contributed by atoms with Crippen LogP contribution in [0.5, 0.6) is 0 Å². The van der Waals surface area contributed by atoms with E-state index in [1.165, 1.54) is 0 Å². The molecule has 1 aromatic heterocycles. The van der Waals surface area contributed by atoms with Crippen molar-refractivity contribution >= 4 is 11.7 Å². The van der Waals surface area contributed by atoms with E-state index in [-0.39, 0.29) is 11.8 Å². The summed E-state index contributed by atoms with van der Waals surface area (Å²) in [6.45, 7) is 6.73. The van der Waals surface area contributed by atoms with Gasteiger partial charge in [0.1, 0.15) is 5.82 Å². The summed E-state index contributed by atoms with van der Waals surface area (Å²) in [6, 6.07) is 0. The fourth-order valence-corrected chi connectivity index (χ4v) is 2.27. The van der Waals surface area contributed by atoms with Crippen LogP contribution in [0.25, 0.3) is 0 Å². The quantitative estimate of drug-likeness (QED) is 0.892. The highest BCUT2D eigenvalue weighted by Gasteiger charge is 2.25. The van der Waals surface area contributed by atoms with Crippen molar-refractivity contribution in [1.82, 2.24) is 15.3 Å². The van der Waals surface area contributed by atoms with Crippen LogP contribution < -0.4 is 10.2 Å². The third-order valence-corrected chi connectivity index (χ3v) is 3.42. The van der Waals surface area contributed by atoms with Gasteiger partial charge >= 0.3 is 0 Å². The number of nitrogens with one attached hydrogen (secondary N) is 1. The van der Waals surface area contributed by atoms with Crippen molar-refractivity contribution in [1.29, 1.82) is 0 Å². The molecule has 1 aromatic rings. The topological polar surface area (TPSA) is 58.1 Å². The molecule has 0 bridgehead atoms. The minimum atomic E-state index is 0.145. The molecule has 0 spiro atoms. The first-order valence-electron chi connectivity index (χ1n) is 6.95. The second-order valence-corrected chi connectivity index (χ2v) is 5.46. The molecule has 0 radical (unpaired) electrons. The normalized spacial score (nSPS) is 16.7. The maximum absolute atomic E-state index is 12.0. The van der Waals surface area contributed by atoms with Gasteiger partial charge < -0.3 is 10.2 Å². The van der Waals surface area contributed by atoms with Crippen molar-refractivity contribution < 1.29 is 4.79 Å². The molecule has 5 heteroatoms. The number of carbonyl (C=O) groups excluding carboxylic acids is 1. The molecule has 2 rings (SSSR count). The maximum atomic E-state index is 12.0. The van der Waals surface area contributed by atoms with Gasteiger partial charge in [-0.3, -0.25) is 9.78 Å². The molecule has 0 atom stereocenters. The summed E-state index contributed by atoms with van der Waals surface area (Å²) < 4.78 is 0. The third-order valence-electron chi connectivity index (χ3n) is 3.42. The van der Waals surface area contributed by atoms with E-state index in [9.17, 15) is 4.79 Å². The average molecular weight is 262 g/mol. The van der Waals surface area contributed by atoms with Crippen LogP contribution in [-0.2, 0) is 4.79 Å². The number of hydrogen-bond donors (Lipinski definition) is 1. The lowest BCUT2D eigenvalue weighted by molar-refractivity contribution is -0.125. The van der Waals surface area contributed by atoms with Crippen LogP contribution in [0, 0.1) is 11.8 Å². The molecular weight excluding hydrogens is 240 g/mol. The average Bonchev–Trinajstić information content (AvgIpc) is 2.46. The molecule has 1 amide bonds. The molecule has 1 aliphatic heterocycles. The van der Waals surface area contributed by atoms with E-state index in [0.717, 1.165) is 38.3 Å². The maximum Gasteiger partial charge on any atom is 0.223 e. The van der Waals surface area contributed by atoms with E-state index in [4.69, 9.17) is 0 Å². The summed E-state index contributed by atoms with van der Waals surface area (Å²) in [5.74, 6) is 1.76. The van der Waals surface area contributed by atoms with Gasteiger partial charge in [-0.25, -0.2) is 4.98 Å². The summed E-state index contributed by atoms with van der Waals surface area (Å²) in [6.07, 6.45) is 6.94. The predicted molar refractivity (Wildman–Crippen MR) is 74.8 cm³/mol. The number of hydrogen-bond acceptors (Lipinski definition) is 4. The molecule has 2 heterocycles. The summed E-state index contributed by atoms with van der Waals surface area (Å²) in [5.41, 5.74) is 0. The van der Waals surface area contributed by atoms with Gasteiger partial charge in [0, 0.05) is 37.9 Å². The molecule has 1 fully saturated rings. The van der Waals surface area contributed by atoms with Gasteiger partial charge in [-0.2, -0.15) is 0 Å². The van der Waals surface area contributed by atoms with Crippen LogP contribution >= 0.6 is 0 Å². The van der Waals surface area contributed by atoms with Gasteiger partial charge in [-0.15, -0.1) is 0 Å². The molecular formula is C14H22N4O. The zero-order valence-corrected chi connectivity index (χ0v) is 11.7. The Morgan fingerprint density at radius 2 is 2.16 bits per heavy atom. The number of amides is 1. The Balaban J connectivity index is 1.81. The predicted octanol–water partition coefficient (Wildman–Crippen LogP) is 1.47. The molecule has 104 valence electrons. The van der Waals surface area contributed by atoms with E-state index < -0.39 is 0 Å². The largest absolute Gasteiger partial charge is 0.356 e. The lowest BCUT2D eigenvalue weighted by Gasteiger charge is -2.31. The Bertz CT molecular complexity index is 399. The van der Waals surface area contributed by atoms with Crippen molar-refractivity contribution in [3.8, 4) is 0 Å². The fourth-order valence-electron chi connectivity index (χ4n) is 2.27. The summed E-state index contributed by atoms with van der Waals surface area (Å²) >= 11 is 0. The number of nitrogens with zero attached hydrogens (tertiary/aromatic N) is 3. The van der Waals surface area contributed by atoms with Crippen LogP contribution in [0.15, 0.2) is 18.6 Å². The van der Waals surface area contributed by atoms with Gasteiger partial charge in [0.05, 0.1) is 6.20 Å². The minimum Gasteiger partial charge on any atom is -0.356 e. The second kappa shape index (κ2) is 6.50. The highest BCUT2D eigenvalue weighted by molar-refractivity contribution is 5.78. The number of carbonyl (C=O) groups is 1. The Labute approximate surface area is 114 Å². The molecule has 5 nitrogen and oxygen atoms in total. The van der Waals surface area contributed by atoms with E-state index in [1.807, 2.05) is 0 Å². The third kappa shape index (κ3) is 3.91. The molecule has 19 heavy (non-hydrogen) atoms. The van der Waals surface area contributed by atoms with Crippen LogP contribution in [-0.4, -0.2) is 35.5 Å². The van der Waals surface area contributed by atoms with E-state index in [0.29, 0.717) is 5.92 Å². The zero-order chi connectivity index (χ0) is 13.7. The Hall–Kier alpha value is -1.65. The molecule has 0 aromatic carbocycles. The molecule has 1 aliphatic rings. The molecule has 1 saturated heterocycles. The van der Waals surface area contributed by atoms with Gasteiger partial charge in [-0.1, -0.05) is 13.8 Å².